The lowest BCUT2D eigenvalue weighted by atomic mass is 9.96. The van der Waals surface area contributed by atoms with E-state index in [4.69, 9.17) is 11.6 Å². The fourth-order valence-electron chi connectivity index (χ4n) is 4.77. The van der Waals surface area contributed by atoms with E-state index in [1.807, 2.05) is 55.1 Å². The molecule has 0 aliphatic carbocycles. The largest absolute Gasteiger partial charge is 0.416 e. The van der Waals surface area contributed by atoms with E-state index in [0.29, 0.717) is 31.9 Å². The highest BCUT2D eigenvalue weighted by atomic mass is 35.5. The Morgan fingerprint density at radius 1 is 0.865 bits per heavy atom. The third kappa shape index (κ3) is 6.46. The lowest BCUT2D eigenvalue weighted by Gasteiger charge is -2.41. The van der Waals surface area contributed by atoms with Gasteiger partial charge in [-0.1, -0.05) is 86.1 Å². The Hall–Kier alpha value is -3.03. The SMILES string of the molecule is CC(C)C(Nc1ccc(C(F)(F)F)cc1Cl)C(=O)N1CCN(C(c2ccccc2)c2ccccc2)CC1. The van der Waals surface area contributed by atoms with E-state index >= 15 is 0 Å². The Kier molecular flexibility index (Phi) is 8.45. The van der Waals surface area contributed by atoms with Gasteiger partial charge in [-0.2, -0.15) is 13.2 Å². The summed E-state index contributed by atoms with van der Waals surface area (Å²) in [5, 5.41) is 3.04. The van der Waals surface area contributed by atoms with Crippen molar-refractivity contribution >= 4 is 23.2 Å². The minimum absolute atomic E-state index is 0.0633. The number of carbonyl (C=O) groups excluding carboxylic acids is 1. The average Bonchev–Trinajstić information content (AvgIpc) is 2.89. The summed E-state index contributed by atoms with van der Waals surface area (Å²) in [4.78, 5) is 17.7. The summed E-state index contributed by atoms with van der Waals surface area (Å²) >= 11 is 6.15. The molecule has 1 aliphatic heterocycles. The molecule has 0 aromatic heterocycles. The van der Waals surface area contributed by atoms with Crippen molar-refractivity contribution in [3.05, 3.63) is 101 Å². The Morgan fingerprint density at radius 2 is 1.41 bits per heavy atom. The number of nitrogens with zero attached hydrogens (tertiary/aromatic N) is 2. The number of amides is 1. The second-order valence-corrected chi connectivity index (χ2v) is 10.1. The second kappa shape index (κ2) is 11.6. The van der Waals surface area contributed by atoms with E-state index in [1.165, 1.54) is 17.2 Å². The van der Waals surface area contributed by atoms with E-state index < -0.39 is 17.8 Å². The van der Waals surface area contributed by atoms with Crippen LogP contribution in [0.5, 0.6) is 0 Å². The Morgan fingerprint density at radius 3 is 1.86 bits per heavy atom. The lowest BCUT2D eigenvalue weighted by molar-refractivity contribution is -0.137. The average molecular weight is 530 g/mol. The number of anilines is 1. The maximum absolute atomic E-state index is 13.5. The number of halogens is 4. The zero-order valence-electron chi connectivity index (χ0n) is 20.9. The van der Waals surface area contributed by atoms with Gasteiger partial charge in [0.25, 0.3) is 0 Å². The van der Waals surface area contributed by atoms with E-state index in [0.717, 1.165) is 12.1 Å². The molecule has 0 spiro atoms. The maximum atomic E-state index is 13.5. The first-order valence-corrected chi connectivity index (χ1v) is 12.8. The topological polar surface area (TPSA) is 35.6 Å². The van der Waals surface area contributed by atoms with Gasteiger partial charge in [-0.3, -0.25) is 9.69 Å². The highest BCUT2D eigenvalue weighted by Gasteiger charge is 2.34. The van der Waals surface area contributed by atoms with Crippen LogP contribution in [0.1, 0.15) is 36.6 Å². The summed E-state index contributed by atoms with van der Waals surface area (Å²) in [6, 6.07) is 23.3. The van der Waals surface area contributed by atoms with Crippen LogP contribution in [-0.4, -0.2) is 47.9 Å². The molecule has 1 saturated heterocycles. The Balaban J connectivity index is 1.47. The molecule has 0 saturated carbocycles. The molecule has 4 nitrogen and oxygen atoms in total. The molecule has 196 valence electrons. The summed E-state index contributed by atoms with van der Waals surface area (Å²) in [7, 11) is 0. The van der Waals surface area contributed by atoms with Crippen LogP contribution in [0.25, 0.3) is 0 Å². The molecular weight excluding hydrogens is 499 g/mol. The summed E-state index contributed by atoms with van der Waals surface area (Å²) in [6.45, 7) is 6.33. The predicted molar refractivity (Wildman–Crippen MR) is 142 cm³/mol. The minimum Gasteiger partial charge on any atom is -0.372 e. The predicted octanol–water partition coefficient (Wildman–Crippen LogP) is 6.73. The van der Waals surface area contributed by atoms with E-state index in [9.17, 15) is 18.0 Å². The number of hydrogen-bond acceptors (Lipinski definition) is 3. The number of rotatable bonds is 7. The fourth-order valence-corrected chi connectivity index (χ4v) is 5.01. The van der Waals surface area contributed by atoms with Crippen LogP contribution in [0, 0.1) is 5.92 Å². The molecule has 1 unspecified atom stereocenters. The second-order valence-electron chi connectivity index (χ2n) is 9.64. The summed E-state index contributed by atoms with van der Waals surface area (Å²) in [6.07, 6.45) is -4.48. The number of hydrogen-bond donors (Lipinski definition) is 1. The van der Waals surface area contributed by atoms with Gasteiger partial charge in [0.15, 0.2) is 0 Å². The molecule has 37 heavy (non-hydrogen) atoms. The molecule has 1 amide bonds. The molecule has 0 radical (unpaired) electrons. The highest BCUT2D eigenvalue weighted by Crippen LogP contribution is 2.35. The monoisotopic (exact) mass is 529 g/mol. The van der Waals surface area contributed by atoms with Crippen LogP contribution in [0.2, 0.25) is 5.02 Å². The smallest absolute Gasteiger partial charge is 0.372 e. The molecule has 8 heteroatoms. The molecule has 3 aromatic rings. The normalized spacial score (nSPS) is 15.7. The number of piperazine rings is 1. The quantitative estimate of drug-likeness (QED) is 0.368. The van der Waals surface area contributed by atoms with Gasteiger partial charge in [0.2, 0.25) is 5.91 Å². The fraction of sp³-hybridized carbons (Fsp3) is 0.345. The Labute approximate surface area is 221 Å². The van der Waals surface area contributed by atoms with Gasteiger partial charge in [0.1, 0.15) is 6.04 Å². The lowest BCUT2D eigenvalue weighted by Crippen LogP contribution is -2.54. The number of carbonyl (C=O) groups is 1. The third-order valence-electron chi connectivity index (χ3n) is 6.76. The molecule has 0 bridgehead atoms. The van der Waals surface area contributed by atoms with Crippen LogP contribution in [0.15, 0.2) is 78.9 Å². The molecule has 1 heterocycles. The highest BCUT2D eigenvalue weighted by molar-refractivity contribution is 6.33. The van der Waals surface area contributed by atoms with Crippen molar-refractivity contribution < 1.29 is 18.0 Å². The van der Waals surface area contributed by atoms with Gasteiger partial charge in [0.05, 0.1) is 22.3 Å². The standard InChI is InChI=1S/C29H31ClF3N3O/c1-20(2)26(34-25-14-13-23(19-24(25)30)29(31,32)33)28(37)36-17-15-35(16-18-36)27(21-9-5-3-6-10-21)22-11-7-4-8-12-22/h3-14,19-20,26-27,34H,15-18H2,1-2H3. The van der Waals surface area contributed by atoms with E-state index in [2.05, 4.69) is 34.5 Å². The van der Waals surface area contributed by atoms with Crippen LogP contribution < -0.4 is 5.32 Å². The van der Waals surface area contributed by atoms with Crippen molar-refractivity contribution in [2.75, 3.05) is 31.5 Å². The summed E-state index contributed by atoms with van der Waals surface area (Å²) < 4.78 is 39.1. The first-order chi connectivity index (χ1) is 17.6. The summed E-state index contributed by atoms with van der Waals surface area (Å²) in [5.41, 5.74) is 1.89. The first kappa shape index (κ1) is 27.0. The molecule has 1 N–H and O–H groups in total. The van der Waals surface area contributed by atoms with Gasteiger partial charge in [0, 0.05) is 26.2 Å². The molecule has 1 atom stereocenters. The van der Waals surface area contributed by atoms with E-state index in [-0.39, 0.29) is 22.9 Å². The van der Waals surface area contributed by atoms with Crippen molar-refractivity contribution in [2.24, 2.45) is 5.92 Å². The van der Waals surface area contributed by atoms with Gasteiger partial charge < -0.3 is 10.2 Å². The van der Waals surface area contributed by atoms with Gasteiger partial charge in [-0.15, -0.1) is 0 Å². The number of benzene rings is 3. The molecular formula is C29H31ClF3N3O. The zero-order valence-corrected chi connectivity index (χ0v) is 21.6. The van der Waals surface area contributed by atoms with Crippen LogP contribution in [0.4, 0.5) is 18.9 Å². The van der Waals surface area contributed by atoms with Crippen LogP contribution >= 0.6 is 11.6 Å². The van der Waals surface area contributed by atoms with Crippen LogP contribution in [0.3, 0.4) is 0 Å². The zero-order chi connectivity index (χ0) is 26.6. The van der Waals surface area contributed by atoms with Gasteiger partial charge >= 0.3 is 6.18 Å². The van der Waals surface area contributed by atoms with Gasteiger partial charge in [-0.05, 0) is 35.2 Å². The number of alkyl halides is 3. The van der Waals surface area contributed by atoms with Crippen molar-refractivity contribution in [3.63, 3.8) is 0 Å². The first-order valence-electron chi connectivity index (χ1n) is 12.4. The molecule has 1 aliphatic rings. The van der Waals surface area contributed by atoms with Crippen molar-refractivity contribution in [3.8, 4) is 0 Å². The number of nitrogens with one attached hydrogen (secondary N) is 1. The molecule has 3 aromatic carbocycles. The van der Waals surface area contributed by atoms with Crippen LogP contribution in [-0.2, 0) is 11.0 Å². The molecule has 4 rings (SSSR count). The van der Waals surface area contributed by atoms with E-state index in [1.54, 1.807) is 0 Å². The minimum atomic E-state index is -4.48. The Bertz CT molecular complexity index is 1140. The third-order valence-corrected chi connectivity index (χ3v) is 7.07. The van der Waals surface area contributed by atoms with Crippen molar-refractivity contribution in [1.82, 2.24) is 9.80 Å². The van der Waals surface area contributed by atoms with Crippen molar-refractivity contribution in [1.29, 1.82) is 0 Å². The van der Waals surface area contributed by atoms with Gasteiger partial charge in [-0.25, -0.2) is 0 Å². The maximum Gasteiger partial charge on any atom is 0.416 e. The summed E-state index contributed by atoms with van der Waals surface area (Å²) in [5.74, 6) is -0.174. The molecule has 1 fully saturated rings. The van der Waals surface area contributed by atoms with Crippen molar-refractivity contribution in [2.45, 2.75) is 32.1 Å².